The Morgan fingerprint density at radius 3 is 2.81 bits per heavy atom. The van der Waals surface area contributed by atoms with Crippen molar-refractivity contribution in [2.45, 2.75) is 24.5 Å². The van der Waals surface area contributed by atoms with Crippen LogP contribution in [0.4, 0.5) is 16.2 Å². The highest BCUT2D eigenvalue weighted by molar-refractivity contribution is 6.30. The van der Waals surface area contributed by atoms with Gasteiger partial charge in [-0.25, -0.2) is 4.79 Å². The first-order chi connectivity index (χ1) is 15.2. The lowest BCUT2D eigenvalue weighted by Gasteiger charge is -2.59. The standard InChI is InChI=1S/C24H23ClN4O2/c25-17-6-3-7-18(11-17)27-24(31)29-14-21-23(19-8-1-2-9-20(19)29)22(15-30)28(21)13-16-5-4-10-26-12-16/h1-12,21-23,30H,13-15H2,(H,27,31)/t21-,22+,23+/m1/s1. The van der Waals surface area contributed by atoms with Gasteiger partial charge in [-0.2, -0.15) is 0 Å². The molecule has 5 rings (SSSR count). The molecular formula is C24H23ClN4O2. The normalized spacial score (nSPS) is 22.3. The average molecular weight is 435 g/mol. The molecule has 31 heavy (non-hydrogen) atoms. The Morgan fingerprint density at radius 2 is 2.03 bits per heavy atom. The second kappa shape index (κ2) is 8.30. The number of aliphatic hydroxyl groups is 1. The summed E-state index contributed by atoms with van der Waals surface area (Å²) in [6.45, 7) is 1.31. The van der Waals surface area contributed by atoms with Gasteiger partial charge in [-0.1, -0.05) is 41.9 Å². The van der Waals surface area contributed by atoms with Crippen molar-refractivity contribution in [3.05, 3.63) is 89.2 Å². The Kier molecular flexibility index (Phi) is 5.36. The summed E-state index contributed by atoms with van der Waals surface area (Å²) in [6.07, 6.45) is 3.60. The minimum Gasteiger partial charge on any atom is -0.395 e. The largest absolute Gasteiger partial charge is 0.395 e. The number of pyridine rings is 1. The van der Waals surface area contributed by atoms with E-state index in [4.69, 9.17) is 11.6 Å². The van der Waals surface area contributed by atoms with Gasteiger partial charge in [0.1, 0.15) is 0 Å². The highest BCUT2D eigenvalue weighted by Gasteiger charge is 2.53. The maximum atomic E-state index is 13.2. The number of likely N-dealkylation sites (tertiary alicyclic amines) is 1. The first-order valence-electron chi connectivity index (χ1n) is 10.3. The summed E-state index contributed by atoms with van der Waals surface area (Å²) in [5.74, 6) is 0.188. The number of hydrogen-bond donors (Lipinski definition) is 2. The molecule has 0 aliphatic carbocycles. The van der Waals surface area contributed by atoms with Crippen LogP contribution in [0.25, 0.3) is 0 Å². The zero-order chi connectivity index (χ0) is 21.4. The van der Waals surface area contributed by atoms with Crippen LogP contribution in [-0.2, 0) is 6.54 Å². The van der Waals surface area contributed by atoms with Gasteiger partial charge in [-0.15, -0.1) is 0 Å². The number of aliphatic hydroxyl groups excluding tert-OH is 1. The number of carbonyl (C=O) groups is 1. The van der Waals surface area contributed by atoms with E-state index in [2.05, 4.69) is 21.3 Å². The van der Waals surface area contributed by atoms with Crippen molar-refractivity contribution in [2.75, 3.05) is 23.4 Å². The predicted octanol–water partition coefficient (Wildman–Crippen LogP) is 4.12. The summed E-state index contributed by atoms with van der Waals surface area (Å²) in [5.41, 5.74) is 3.74. The van der Waals surface area contributed by atoms with Gasteiger partial charge in [0.25, 0.3) is 0 Å². The van der Waals surface area contributed by atoms with E-state index in [0.29, 0.717) is 23.8 Å². The van der Waals surface area contributed by atoms with Gasteiger partial charge in [-0.05, 0) is 41.5 Å². The van der Waals surface area contributed by atoms with Crippen molar-refractivity contribution in [3.63, 3.8) is 0 Å². The van der Waals surface area contributed by atoms with Gasteiger partial charge in [-0.3, -0.25) is 14.8 Å². The number of rotatable bonds is 4. The fourth-order valence-corrected chi connectivity index (χ4v) is 5.04. The van der Waals surface area contributed by atoms with Gasteiger partial charge >= 0.3 is 6.03 Å². The molecule has 3 aromatic rings. The fraction of sp³-hybridized carbons (Fsp3) is 0.250. The second-order valence-corrected chi connectivity index (χ2v) is 8.42. The number of halogens is 1. The van der Waals surface area contributed by atoms with E-state index in [-0.39, 0.29) is 30.6 Å². The molecule has 3 heterocycles. The number of nitrogens with zero attached hydrogens (tertiary/aromatic N) is 3. The number of aromatic nitrogens is 1. The van der Waals surface area contributed by atoms with Crippen LogP contribution in [0.5, 0.6) is 0 Å². The Balaban J connectivity index is 1.44. The summed E-state index contributed by atoms with van der Waals surface area (Å²) in [6, 6.07) is 19.0. The van der Waals surface area contributed by atoms with Crippen LogP contribution < -0.4 is 10.2 Å². The lowest BCUT2D eigenvalue weighted by molar-refractivity contribution is -0.0484. The molecule has 0 bridgehead atoms. The number of fused-ring (bicyclic) bond motifs is 3. The fourth-order valence-electron chi connectivity index (χ4n) is 4.85. The average Bonchev–Trinajstić information content (AvgIpc) is 2.78. The number of urea groups is 1. The Labute approximate surface area is 186 Å². The summed E-state index contributed by atoms with van der Waals surface area (Å²) >= 11 is 6.07. The molecule has 0 radical (unpaired) electrons. The Morgan fingerprint density at radius 1 is 1.16 bits per heavy atom. The van der Waals surface area contributed by atoms with E-state index < -0.39 is 0 Å². The Bertz CT molecular complexity index is 1090. The molecule has 0 saturated carbocycles. The molecule has 6 nitrogen and oxygen atoms in total. The first-order valence-corrected chi connectivity index (χ1v) is 10.7. The topological polar surface area (TPSA) is 68.7 Å². The van der Waals surface area contributed by atoms with Gasteiger partial charge in [0.15, 0.2) is 0 Å². The Hall–Kier alpha value is -2.93. The molecule has 3 atom stereocenters. The highest BCUT2D eigenvalue weighted by Crippen LogP contribution is 2.48. The third-order valence-corrected chi connectivity index (χ3v) is 6.47. The minimum atomic E-state index is -0.193. The molecule has 2 amide bonds. The number of anilines is 2. The SMILES string of the molecule is O=C(Nc1cccc(Cl)c1)N1C[C@@H]2[C@H](c3ccccc31)[C@H](CO)N2Cc1cccnc1. The lowest BCUT2D eigenvalue weighted by atomic mass is 9.72. The van der Waals surface area contributed by atoms with E-state index in [1.807, 2.05) is 48.7 Å². The van der Waals surface area contributed by atoms with Gasteiger partial charge < -0.3 is 10.4 Å². The van der Waals surface area contributed by atoms with Crippen LogP contribution >= 0.6 is 11.6 Å². The molecule has 7 heteroatoms. The molecular weight excluding hydrogens is 412 g/mol. The molecule has 1 aromatic heterocycles. The summed E-state index contributed by atoms with van der Waals surface area (Å²) in [5, 5.41) is 13.7. The van der Waals surface area contributed by atoms with E-state index in [1.165, 1.54) is 0 Å². The molecule has 2 aromatic carbocycles. The first kappa shape index (κ1) is 20.0. The van der Waals surface area contributed by atoms with Crippen molar-refractivity contribution in [2.24, 2.45) is 0 Å². The number of amides is 2. The second-order valence-electron chi connectivity index (χ2n) is 7.99. The molecule has 1 fully saturated rings. The molecule has 0 spiro atoms. The number of nitrogens with one attached hydrogen (secondary N) is 1. The maximum Gasteiger partial charge on any atom is 0.326 e. The number of carbonyl (C=O) groups excluding carboxylic acids is 1. The van der Waals surface area contributed by atoms with Crippen molar-refractivity contribution >= 4 is 29.0 Å². The quantitative estimate of drug-likeness (QED) is 0.648. The molecule has 158 valence electrons. The third-order valence-electron chi connectivity index (χ3n) is 6.23. The van der Waals surface area contributed by atoms with E-state index >= 15 is 0 Å². The zero-order valence-electron chi connectivity index (χ0n) is 16.9. The van der Waals surface area contributed by atoms with E-state index in [1.54, 1.807) is 23.2 Å². The van der Waals surface area contributed by atoms with Crippen LogP contribution in [0.1, 0.15) is 17.0 Å². The van der Waals surface area contributed by atoms with Crippen LogP contribution in [0.2, 0.25) is 5.02 Å². The molecule has 2 aliphatic heterocycles. The number of benzene rings is 2. The van der Waals surface area contributed by atoms with Crippen molar-refractivity contribution < 1.29 is 9.90 Å². The summed E-state index contributed by atoms with van der Waals surface area (Å²) in [7, 11) is 0. The zero-order valence-corrected chi connectivity index (χ0v) is 17.6. The van der Waals surface area contributed by atoms with Crippen LogP contribution in [0.3, 0.4) is 0 Å². The van der Waals surface area contributed by atoms with Crippen molar-refractivity contribution in [1.29, 1.82) is 0 Å². The van der Waals surface area contributed by atoms with Crippen LogP contribution in [0, 0.1) is 0 Å². The van der Waals surface area contributed by atoms with Gasteiger partial charge in [0.2, 0.25) is 0 Å². The van der Waals surface area contributed by atoms with Gasteiger partial charge in [0, 0.05) is 59.9 Å². The number of para-hydroxylation sites is 1. The molecule has 2 N–H and O–H groups in total. The maximum absolute atomic E-state index is 13.2. The third kappa shape index (κ3) is 3.67. The molecule has 1 saturated heterocycles. The van der Waals surface area contributed by atoms with Gasteiger partial charge in [0.05, 0.1) is 6.61 Å². The molecule has 2 aliphatic rings. The van der Waals surface area contributed by atoms with Crippen LogP contribution in [-0.4, -0.2) is 46.3 Å². The summed E-state index contributed by atoms with van der Waals surface area (Å²) < 4.78 is 0. The monoisotopic (exact) mass is 434 g/mol. The smallest absolute Gasteiger partial charge is 0.326 e. The number of hydrogen-bond acceptors (Lipinski definition) is 4. The van der Waals surface area contributed by atoms with Crippen molar-refractivity contribution in [1.82, 2.24) is 9.88 Å². The van der Waals surface area contributed by atoms with Crippen LogP contribution in [0.15, 0.2) is 73.1 Å². The molecule has 0 unspecified atom stereocenters. The van der Waals surface area contributed by atoms with E-state index in [9.17, 15) is 9.90 Å². The minimum absolute atomic E-state index is 0.0181. The highest BCUT2D eigenvalue weighted by atomic mass is 35.5. The van der Waals surface area contributed by atoms with Crippen molar-refractivity contribution in [3.8, 4) is 0 Å². The lowest BCUT2D eigenvalue weighted by Crippen LogP contribution is -2.69. The summed E-state index contributed by atoms with van der Waals surface area (Å²) in [4.78, 5) is 21.5. The van der Waals surface area contributed by atoms with E-state index in [0.717, 1.165) is 16.8 Å². The predicted molar refractivity (Wildman–Crippen MR) is 121 cm³/mol.